The molecule has 3 aliphatic rings. The van der Waals surface area contributed by atoms with Gasteiger partial charge in [-0.15, -0.1) is 0 Å². The van der Waals surface area contributed by atoms with Crippen LogP contribution >= 0.6 is 0 Å². The molecule has 0 amide bonds. The fraction of sp³-hybridized carbons (Fsp3) is 0.944. The number of cyclic esters (lactones) is 1. The van der Waals surface area contributed by atoms with Crippen LogP contribution in [-0.4, -0.2) is 131 Å². The van der Waals surface area contributed by atoms with Crippen molar-refractivity contribution in [3.8, 4) is 0 Å². The second-order valence-electron chi connectivity index (χ2n) is 15.8. The third-order valence-corrected chi connectivity index (χ3v) is 11.7. The topological polar surface area (TPSA) is 206 Å². The molecular weight excluding hydrogens is 654 g/mol. The van der Waals surface area contributed by atoms with Gasteiger partial charge in [-0.05, 0) is 60.8 Å². The van der Waals surface area contributed by atoms with E-state index in [-0.39, 0.29) is 31.1 Å². The Hall–Kier alpha value is -1.30. The monoisotopic (exact) mass is 719 g/mol. The lowest BCUT2D eigenvalue weighted by Crippen LogP contribution is -2.61. The Morgan fingerprint density at radius 1 is 0.860 bits per heavy atom. The molecule has 18 atom stereocenters. The van der Waals surface area contributed by atoms with Crippen LogP contribution < -0.4 is 5.73 Å². The summed E-state index contributed by atoms with van der Waals surface area (Å²) in [6.45, 7) is 16.8. The molecule has 0 bridgehead atoms. The van der Waals surface area contributed by atoms with E-state index >= 15 is 0 Å². The second-order valence-corrected chi connectivity index (χ2v) is 15.8. The summed E-state index contributed by atoms with van der Waals surface area (Å²) in [5, 5.41) is 45.0. The molecule has 3 fully saturated rings. The van der Waals surface area contributed by atoms with E-state index in [1.54, 1.807) is 41.5 Å². The highest BCUT2D eigenvalue weighted by Gasteiger charge is 2.53. The molecule has 3 rings (SSSR count). The van der Waals surface area contributed by atoms with Gasteiger partial charge in [-0.1, -0.05) is 27.7 Å². The van der Waals surface area contributed by atoms with Gasteiger partial charge in [0.2, 0.25) is 0 Å². The number of ether oxygens (including phenoxy) is 7. The molecule has 50 heavy (non-hydrogen) atoms. The summed E-state index contributed by atoms with van der Waals surface area (Å²) < 4.78 is 43.3. The number of Topliss-reactive ketones (excluding diaryl/α,β-unsaturated/α-hetero) is 1. The van der Waals surface area contributed by atoms with Crippen molar-refractivity contribution in [2.24, 2.45) is 29.4 Å². The molecule has 292 valence electrons. The third kappa shape index (κ3) is 8.90. The molecule has 0 aromatic carbocycles. The predicted octanol–water partition coefficient (Wildman–Crippen LogP) is 1.84. The molecular formula is C36H65NO13. The first-order valence-electron chi connectivity index (χ1n) is 18.1. The standard InChI is InChI=1S/C36H65NO13/c1-13-24-36(10,43)29(40)19(4)26(38)17(2)15-35(9,45-12)31(50-33-27(39)23(37)14-18(3)46-33)20(5)28(21(6)32(42)48-24)49-25-16-34(8,44-11)30(41)22(7)47-25/h17-25,27-31,33,39-41,43H,13-16,37H2,1-12H3/t17-,18-,19?,20+,21-,22+,23+,24?,25+,27-,28?,29-,30+,31-,33+,34-,35-,36-/m1/s1. The summed E-state index contributed by atoms with van der Waals surface area (Å²) >= 11 is 0. The highest BCUT2D eigenvalue weighted by molar-refractivity contribution is 5.83. The van der Waals surface area contributed by atoms with Crippen LogP contribution in [0.15, 0.2) is 0 Å². The van der Waals surface area contributed by atoms with Crippen LogP contribution in [0.5, 0.6) is 0 Å². The highest BCUT2D eigenvalue weighted by atomic mass is 16.7. The summed E-state index contributed by atoms with van der Waals surface area (Å²) in [6.07, 6.45) is -9.28. The van der Waals surface area contributed by atoms with Crippen molar-refractivity contribution in [1.82, 2.24) is 0 Å². The number of rotatable bonds is 7. The van der Waals surface area contributed by atoms with Gasteiger partial charge >= 0.3 is 5.97 Å². The number of carbonyl (C=O) groups excluding carboxylic acids is 2. The van der Waals surface area contributed by atoms with Gasteiger partial charge in [-0.2, -0.15) is 0 Å². The van der Waals surface area contributed by atoms with Crippen LogP contribution in [0.4, 0.5) is 0 Å². The normalized spacial score (nSPS) is 50.4. The van der Waals surface area contributed by atoms with Crippen LogP contribution in [0.25, 0.3) is 0 Å². The number of carbonyl (C=O) groups is 2. The molecule has 0 radical (unpaired) electrons. The smallest absolute Gasteiger partial charge is 0.311 e. The third-order valence-electron chi connectivity index (χ3n) is 11.7. The molecule has 0 spiro atoms. The van der Waals surface area contributed by atoms with Crippen LogP contribution in [0.3, 0.4) is 0 Å². The predicted molar refractivity (Wildman–Crippen MR) is 182 cm³/mol. The zero-order valence-electron chi connectivity index (χ0n) is 32.0. The fourth-order valence-electron chi connectivity index (χ4n) is 8.13. The Bertz CT molecular complexity index is 1140. The molecule has 6 N–H and O–H groups in total. The highest BCUT2D eigenvalue weighted by Crippen LogP contribution is 2.41. The van der Waals surface area contributed by atoms with Crippen molar-refractivity contribution in [3.63, 3.8) is 0 Å². The average molecular weight is 720 g/mol. The molecule has 0 aromatic rings. The lowest BCUT2D eigenvalue weighted by Gasteiger charge is -2.49. The van der Waals surface area contributed by atoms with E-state index in [4.69, 9.17) is 38.9 Å². The summed E-state index contributed by atoms with van der Waals surface area (Å²) in [6, 6.07) is -0.635. The zero-order valence-corrected chi connectivity index (χ0v) is 32.0. The van der Waals surface area contributed by atoms with E-state index < -0.39 is 108 Å². The van der Waals surface area contributed by atoms with Crippen molar-refractivity contribution in [2.45, 2.75) is 179 Å². The Labute approximate surface area is 297 Å². The van der Waals surface area contributed by atoms with Crippen molar-refractivity contribution in [1.29, 1.82) is 0 Å². The SMILES string of the molecule is CCC1OC(=O)[C@H](C)C(O[C@H]2C[C@@](C)(OC)[C@@H](O)[C@H](C)O2)[C@H](C)[C@@H](O[C@@H]2O[C@H](C)C[C@H](N)[C@H]2O)[C@](C)(OC)C[C@@H](C)C(=O)C(C)[C@@H](O)[C@]1(C)O. The molecule has 3 heterocycles. The number of nitrogens with two attached hydrogens (primary N) is 1. The summed E-state index contributed by atoms with van der Waals surface area (Å²) in [4.78, 5) is 28.0. The van der Waals surface area contributed by atoms with Gasteiger partial charge in [0.15, 0.2) is 12.6 Å². The molecule has 3 unspecified atom stereocenters. The minimum atomic E-state index is -1.97. The Morgan fingerprint density at radius 3 is 2.02 bits per heavy atom. The molecule has 3 saturated heterocycles. The lowest BCUT2D eigenvalue weighted by molar-refractivity contribution is -0.316. The maximum absolute atomic E-state index is 14.1. The van der Waals surface area contributed by atoms with E-state index in [0.29, 0.717) is 6.42 Å². The Kier molecular flexibility index (Phi) is 14.5. The molecule has 14 heteroatoms. The quantitative estimate of drug-likeness (QED) is 0.238. The van der Waals surface area contributed by atoms with Gasteiger partial charge in [0, 0.05) is 44.4 Å². The maximum Gasteiger partial charge on any atom is 0.311 e. The largest absolute Gasteiger partial charge is 0.459 e. The molecule has 0 saturated carbocycles. The number of methoxy groups -OCH3 is 2. The molecule has 0 aliphatic carbocycles. The fourth-order valence-corrected chi connectivity index (χ4v) is 8.13. The molecule has 3 aliphatic heterocycles. The number of esters is 1. The van der Waals surface area contributed by atoms with E-state index in [1.807, 2.05) is 13.8 Å². The van der Waals surface area contributed by atoms with Gasteiger partial charge in [0.1, 0.15) is 29.7 Å². The lowest BCUT2D eigenvalue weighted by atomic mass is 9.74. The number of hydrogen-bond donors (Lipinski definition) is 5. The Morgan fingerprint density at radius 2 is 1.46 bits per heavy atom. The first-order chi connectivity index (χ1) is 23.1. The number of hydrogen-bond acceptors (Lipinski definition) is 14. The number of aliphatic hydroxyl groups excluding tert-OH is 3. The van der Waals surface area contributed by atoms with Gasteiger partial charge in [0.25, 0.3) is 0 Å². The summed E-state index contributed by atoms with van der Waals surface area (Å²) in [7, 11) is 2.97. The first-order valence-corrected chi connectivity index (χ1v) is 18.1. The number of aliphatic hydroxyl groups is 4. The van der Waals surface area contributed by atoms with E-state index in [9.17, 15) is 30.0 Å². The first kappa shape index (κ1) is 43.1. The van der Waals surface area contributed by atoms with E-state index in [1.165, 1.54) is 28.1 Å². The van der Waals surface area contributed by atoms with Gasteiger partial charge in [0.05, 0.1) is 47.6 Å². The van der Waals surface area contributed by atoms with Gasteiger partial charge < -0.3 is 59.3 Å². The molecule has 0 aromatic heterocycles. The summed E-state index contributed by atoms with van der Waals surface area (Å²) in [5.41, 5.74) is 2.01. The van der Waals surface area contributed by atoms with E-state index in [0.717, 1.165) is 0 Å². The van der Waals surface area contributed by atoms with Crippen molar-refractivity contribution >= 4 is 11.8 Å². The average Bonchev–Trinajstić information content (AvgIpc) is 3.06. The zero-order chi connectivity index (χ0) is 38.1. The minimum Gasteiger partial charge on any atom is -0.459 e. The van der Waals surface area contributed by atoms with Crippen LogP contribution in [-0.2, 0) is 42.7 Å². The van der Waals surface area contributed by atoms with Gasteiger partial charge in [-0.3, -0.25) is 9.59 Å². The van der Waals surface area contributed by atoms with Gasteiger partial charge in [-0.25, -0.2) is 0 Å². The Balaban J connectivity index is 2.20. The minimum absolute atomic E-state index is 0.0919. The second kappa shape index (κ2) is 16.8. The van der Waals surface area contributed by atoms with Crippen LogP contribution in [0, 0.1) is 23.7 Å². The van der Waals surface area contributed by atoms with Crippen molar-refractivity contribution in [2.75, 3.05) is 14.2 Å². The van der Waals surface area contributed by atoms with Crippen molar-refractivity contribution in [3.05, 3.63) is 0 Å². The van der Waals surface area contributed by atoms with Crippen LogP contribution in [0.2, 0.25) is 0 Å². The van der Waals surface area contributed by atoms with E-state index in [2.05, 4.69) is 0 Å². The number of ketones is 1. The summed E-state index contributed by atoms with van der Waals surface area (Å²) in [5.74, 6) is -4.55. The molecule has 14 nitrogen and oxygen atoms in total. The van der Waals surface area contributed by atoms with Crippen LogP contribution in [0.1, 0.15) is 94.9 Å². The maximum atomic E-state index is 14.1. The van der Waals surface area contributed by atoms with Crippen molar-refractivity contribution < 1.29 is 63.2 Å².